The van der Waals surface area contributed by atoms with Gasteiger partial charge in [0.25, 0.3) is 0 Å². The Morgan fingerprint density at radius 2 is 1.91 bits per heavy atom. The van der Waals surface area contributed by atoms with Crippen LogP contribution < -0.4 is 10.6 Å². The number of carbonyl (C=O) groups excluding carboxylic acids is 1. The lowest BCUT2D eigenvalue weighted by Crippen LogP contribution is -2.43. The van der Waals surface area contributed by atoms with Crippen molar-refractivity contribution in [1.29, 1.82) is 0 Å². The first kappa shape index (κ1) is 18.4. The van der Waals surface area contributed by atoms with Gasteiger partial charge in [-0.2, -0.15) is 0 Å². The van der Waals surface area contributed by atoms with Crippen LogP contribution in [0.2, 0.25) is 0 Å². The molecular formula is C16H24F2N2O2. The molecule has 0 radical (unpaired) electrons. The van der Waals surface area contributed by atoms with Gasteiger partial charge in [0.15, 0.2) is 0 Å². The van der Waals surface area contributed by atoms with Gasteiger partial charge in [0.1, 0.15) is 17.2 Å². The summed E-state index contributed by atoms with van der Waals surface area (Å²) in [5, 5.41) is 5.74. The Bertz CT molecular complexity index is 515. The van der Waals surface area contributed by atoms with Crippen LogP contribution in [0.5, 0.6) is 0 Å². The standard InChI is InChI=1S/C16H24F2N2O2/c1-10(20-15(21)22-16(3,4)5)9-19-11(2)13-8-12(17)6-7-14(13)18/h6-8,10-11,19H,9H2,1-5H3,(H,20,21). The lowest BCUT2D eigenvalue weighted by Gasteiger charge is -2.23. The molecular weight excluding hydrogens is 290 g/mol. The molecule has 1 aromatic carbocycles. The van der Waals surface area contributed by atoms with E-state index in [0.29, 0.717) is 6.54 Å². The minimum absolute atomic E-state index is 0.214. The van der Waals surface area contributed by atoms with Crippen LogP contribution in [0, 0.1) is 11.6 Å². The highest BCUT2D eigenvalue weighted by atomic mass is 19.1. The van der Waals surface area contributed by atoms with E-state index in [2.05, 4.69) is 10.6 Å². The molecule has 1 aromatic rings. The number of amides is 1. The highest BCUT2D eigenvalue weighted by molar-refractivity contribution is 5.68. The Morgan fingerprint density at radius 3 is 2.50 bits per heavy atom. The minimum Gasteiger partial charge on any atom is -0.444 e. The van der Waals surface area contributed by atoms with Crippen molar-refractivity contribution >= 4 is 6.09 Å². The fraction of sp³-hybridized carbons (Fsp3) is 0.562. The van der Waals surface area contributed by atoms with Crippen LogP contribution in [-0.2, 0) is 4.74 Å². The maximum absolute atomic E-state index is 13.6. The molecule has 1 amide bonds. The Labute approximate surface area is 130 Å². The predicted octanol–water partition coefficient (Wildman–Crippen LogP) is 3.53. The zero-order valence-electron chi connectivity index (χ0n) is 13.7. The van der Waals surface area contributed by atoms with Crippen molar-refractivity contribution in [2.75, 3.05) is 6.54 Å². The normalized spacial score (nSPS) is 14.3. The van der Waals surface area contributed by atoms with Crippen LogP contribution in [0.1, 0.15) is 46.2 Å². The van der Waals surface area contributed by atoms with E-state index in [9.17, 15) is 13.6 Å². The molecule has 1 rings (SSSR count). The zero-order valence-corrected chi connectivity index (χ0v) is 13.7. The number of nitrogens with one attached hydrogen (secondary N) is 2. The molecule has 2 atom stereocenters. The first-order valence-corrected chi connectivity index (χ1v) is 7.26. The molecule has 0 heterocycles. The van der Waals surface area contributed by atoms with Crippen LogP contribution in [-0.4, -0.2) is 24.3 Å². The van der Waals surface area contributed by atoms with Gasteiger partial charge in [-0.1, -0.05) is 0 Å². The molecule has 0 fully saturated rings. The summed E-state index contributed by atoms with van der Waals surface area (Å²) >= 11 is 0. The molecule has 0 aliphatic heterocycles. The molecule has 0 aliphatic rings. The quantitative estimate of drug-likeness (QED) is 0.874. The second kappa shape index (κ2) is 7.54. The first-order chi connectivity index (χ1) is 10.1. The number of benzene rings is 1. The first-order valence-electron chi connectivity index (χ1n) is 7.26. The molecule has 0 saturated heterocycles. The molecule has 0 spiro atoms. The lowest BCUT2D eigenvalue weighted by atomic mass is 10.1. The van der Waals surface area contributed by atoms with Gasteiger partial charge in [-0.15, -0.1) is 0 Å². The molecule has 22 heavy (non-hydrogen) atoms. The molecule has 2 unspecified atom stereocenters. The Balaban J connectivity index is 2.48. The Kier molecular flexibility index (Phi) is 6.29. The van der Waals surface area contributed by atoms with E-state index in [1.807, 2.05) is 0 Å². The van der Waals surface area contributed by atoms with Gasteiger partial charge in [0, 0.05) is 24.2 Å². The van der Waals surface area contributed by atoms with Gasteiger partial charge in [-0.3, -0.25) is 0 Å². The summed E-state index contributed by atoms with van der Waals surface area (Å²) in [6.07, 6.45) is -0.508. The number of halogens is 2. The molecule has 0 saturated carbocycles. The van der Waals surface area contributed by atoms with E-state index < -0.39 is 23.3 Å². The summed E-state index contributed by atoms with van der Waals surface area (Å²) in [7, 11) is 0. The smallest absolute Gasteiger partial charge is 0.407 e. The van der Waals surface area contributed by atoms with E-state index >= 15 is 0 Å². The van der Waals surface area contributed by atoms with E-state index in [1.165, 1.54) is 6.07 Å². The van der Waals surface area contributed by atoms with Crippen LogP contribution in [0.4, 0.5) is 13.6 Å². The summed E-state index contributed by atoms with van der Waals surface area (Å²) in [4.78, 5) is 11.6. The Morgan fingerprint density at radius 1 is 1.27 bits per heavy atom. The number of alkyl carbamates (subject to hydrolysis) is 1. The van der Waals surface area contributed by atoms with Crippen LogP contribution >= 0.6 is 0 Å². The average Bonchev–Trinajstić information content (AvgIpc) is 2.36. The fourth-order valence-corrected chi connectivity index (χ4v) is 1.87. The Hall–Kier alpha value is -1.69. The van der Waals surface area contributed by atoms with Crippen LogP contribution in [0.25, 0.3) is 0 Å². The van der Waals surface area contributed by atoms with E-state index in [1.54, 1.807) is 34.6 Å². The van der Waals surface area contributed by atoms with Gasteiger partial charge >= 0.3 is 6.09 Å². The maximum Gasteiger partial charge on any atom is 0.407 e. The monoisotopic (exact) mass is 314 g/mol. The third-order valence-electron chi connectivity index (χ3n) is 2.92. The van der Waals surface area contributed by atoms with Crippen molar-refractivity contribution in [3.63, 3.8) is 0 Å². The summed E-state index contributed by atoms with van der Waals surface area (Å²) < 4.78 is 32.0. The topological polar surface area (TPSA) is 50.4 Å². The van der Waals surface area contributed by atoms with Crippen molar-refractivity contribution in [3.8, 4) is 0 Å². The lowest BCUT2D eigenvalue weighted by molar-refractivity contribution is 0.0507. The number of rotatable bonds is 5. The van der Waals surface area contributed by atoms with Gasteiger partial charge in [0.05, 0.1) is 0 Å². The number of hydrogen-bond donors (Lipinski definition) is 2. The minimum atomic E-state index is -0.560. The fourth-order valence-electron chi connectivity index (χ4n) is 1.87. The van der Waals surface area contributed by atoms with Crippen molar-refractivity contribution in [3.05, 3.63) is 35.4 Å². The predicted molar refractivity (Wildman–Crippen MR) is 81.6 cm³/mol. The third kappa shape index (κ3) is 6.39. The second-order valence-corrected chi connectivity index (χ2v) is 6.34. The zero-order chi connectivity index (χ0) is 16.9. The molecule has 0 aliphatic carbocycles. The highest BCUT2D eigenvalue weighted by Crippen LogP contribution is 2.17. The number of carbonyl (C=O) groups is 1. The van der Waals surface area contributed by atoms with E-state index in [0.717, 1.165) is 12.1 Å². The van der Waals surface area contributed by atoms with Crippen molar-refractivity contribution in [2.24, 2.45) is 0 Å². The molecule has 124 valence electrons. The number of hydrogen-bond acceptors (Lipinski definition) is 3. The van der Waals surface area contributed by atoms with Crippen molar-refractivity contribution in [1.82, 2.24) is 10.6 Å². The van der Waals surface area contributed by atoms with Crippen LogP contribution in [0.15, 0.2) is 18.2 Å². The van der Waals surface area contributed by atoms with Crippen molar-refractivity contribution < 1.29 is 18.3 Å². The number of ether oxygens (including phenoxy) is 1. The van der Waals surface area contributed by atoms with Gasteiger partial charge in [-0.25, -0.2) is 13.6 Å². The van der Waals surface area contributed by atoms with Gasteiger partial charge < -0.3 is 15.4 Å². The summed E-state index contributed by atoms with van der Waals surface area (Å²) in [6.45, 7) is 9.28. The molecule has 6 heteroatoms. The van der Waals surface area contributed by atoms with E-state index in [4.69, 9.17) is 4.74 Å². The molecule has 4 nitrogen and oxygen atoms in total. The summed E-state index contributed by atoms with van der Waals surface area (Å²) in [5.74, 6) is -0.945. The summed E-state index contributed by atoms with van der Waals surface area (Å²) in [6, 6.07) is 2.76. The summed E-state index contributed by atoms with van der Waals surface area (Å²) in [5.41, 5.74) is -0.306. The SMILES string of the molecule is CC(CNC(C)c1cc(F)ccc1F)NC(=O)OC(C)(C)C. The van der Waals surface area contributed by atoms with Crippen molar-refractivity contribution in [2.45, 2.75) is 52.3 Å². The van der Waals surface area contributed by atoms with Gasteiger partial charge in [0.2, 0.25) is 0 Å². The largest absolute Gasteiger partial charge is 0.444 e. The molecule has 2 N–H and O–H groups in total. The third-order valence-corrected chi connectivity index (χ3v) is 2.92. The van der Waals surface area contributed by atoms with Gasteiger partial charge in [-0.05, 0) is 52.8 Å². The second-order valence-electron chi connectivity index (χ2n) is 6.34. The molecule has 0 bridgehead atoms. The molecule has 0 aromatic heterocycles. The van der Waals surface area contributed by atoms with E-state index in [-0.39, 0.29) is 17.6 Å². The van der Waals surface area contributed by atoms with Crippen LogP contribution in [0.3, 0.4) is 0 Å². The maximum atomic E-state index is 13.6. The highest BCUT2D eigenvalue weighted by Gasteiger charge is 2.18. The average molecular weight is 314 g/mol.